The van der Waals surface area contributed by atoms with Crippen molar-refractivity contribution >= 4 is 27.7 Å². The molecule has 0 unspecified atom stereocenters. The van der Waals surface area contributed by atoms with Crippen molar-refractivity contribution in [3.8, 4) is 0 Å². The molecule has 2 N–H and O–H groups in total. The Balaban J connectivity index is 2.17. The second kappa shape index (κ2) is 6.14. The number of hydrogen-bond acceptors (Lipinski definition) is 2. The Morgan fingerprint density at radius 1 is 1.25 bits per heavy atom. The third-order valence-corrected chi connectivity index (χ3v) is 3.81. The average molecular weight is 335 g/mol. The van der Waals surface area contributed by atoms with Gasteiger partial charge in [-0.15, -0.1) is 0 Å². The van der Waals surface area contributed by atoms with Crippen LogP contribution in [0.3, 0.4) is 0 Å². The summed E-state index contributed by atoms with van der Waals surface area (Å²) in [6.45, 7) is 2.37. The predicted octanol–water partition coefficient (Wildman–Crippen LogP) is 4.26. The molecule has 1 amide bonds. The van der Waals surface area contributed by atoms with E-state index in [0.29, 0.717) is 22.8 Å². The van der Waals surface area contributed by atoms with E-state index >= 15 is 0 Å². The Morgan fingerprint density at radius 3 is 2.71 bits per heavy atom. The van der Waals surface area contributed by atoms with Gasteiger partial charge in [0, 0.05) is 22.8 Å². The highest BCUT2D eigenvalue weighted by Gasteiger charge is 2.36. The van der Waals surface area contributed by atoms with Crippen LogP contribution in [-0.2, 0) is 6.18 Å². The van der Waals surface area contributed by atoms with Crippen molar-refractivity contribution in [2.45, 2.75) is 25.9 Å². The summed E-state index contributed by atoms with van der Waals surface area (Å²) in [6, 6.07) is 8.29. The second-order valence-electron chi connectivity index (χ2n) is 5.56. The topological polar surface area (TPSA) is 57.8 Å². The number of hydrogen-bond donors (Lipinski definition) is 2. The molecule has 4 nitrogen and oxygen atoms in total. The summed E-state index contributed by atoms with van der Waals surface area (Å²) >= 11 is 0. The number of rotatable bonds is 4. The van der Waals surface area contributed by atoms with Gasteiger partial charge in [-0.25, -0.2) is 4.98 Å². The van der Waals surface area contributed by atoms with E-state index in [1.54, 1.807) is 24.3 Å². The summed E-state index contributed by atoms with van der Waals surface area (Å²) < 4.78 is 40.1. The van der Waals surface area contributed by atoms with Gasteiger partial charge in [0.1, 0.15) is 5.69 Å². The van der Waals surface area contributed by atoms with Crippen LogP contribution < -0.4 is 5.32 Å². The van der Waals surface area contributed by atoms with E-state index in [1.165, 1.54) is 6.07 Å². The van der Waals surface area contributed by atoms with Crippen molar-refractivity contribution in [2.24, 2.45) is 0 Å². The Labute approximate surface area is 136 Å². The Kier molecular flexibility index (Phi) is 4.17. The van der Waals surface area contributed by atoms with Crippen LogP contribution in [0.4, 0.5) is 13.2 Å². The predicted molar refractivity (Wildman–Crippen MR) is 85.8 cm³/mol. The number of para-hydroxylation sites is 1. The maximum absolute atomic E-state index is 13.4. The van der Waals surface area contributed by atoms with Crippen molar-refractivity contribution in [3.05, 3.63) is 41.7 Å². The number of alkyl halides is 3. The van der Waals surface area contributed by atoms with E-state index < -0.39 is 17.8 Å². The van der Waals surface area contributed by atoms with Crippen LogP contribution >= 0.6 is 0 Å². The van der Waals surface area contributed by atoms with Crippen LogP contribution in [0.2, 0.25) is 0 Å². The zero-order valence-electron chi connectivity index (χ0n) is 13.0. The third-order valence-electron chi connectivity index (χ3n) is 3.81. The number of amides is 1. The van der Waals surface area contributed by atoms with Gasteiger partial charge in [-0.1, -0.05) is 31.5 Å². The molecule has 0 aliphatic carbocycles. The van der Waals surface area contributed by atoms with E-state index in [9.17, 15) is 18.0 Å². The monoisotopic (exact) mass is 335 g/mol. The fourth-order valence-corrected chi connectivity index (χ4v) is 2.64. The van der Waals surface area contributed by atoms with Gasteiger partial charge in [-0.2, -0.15) is 13.2 Å². The van der Waals surface area contributed by atoms with E-state index in [1.807, 2.05) is 6.92 Å². The number of carbonyl (C=O) groups excluding carboxylic acids is 1. The minimum atomic E-state index is -4.65. The standard InChI is InChI=1S/C17H16F3N3O/c1-2-3-8-21-16(24)13-9-11-10-6-4-5-7-12(10)22-14(11)15(23-13)17(18,19)20/h4-7,9,22H,2-3,8H2,1H3,(H,21,24). The van der Waals surface area contributed by atoms with Gasteiger partial charge in [-0.3, -0.25) is 4.79 Å². The number of aromatic nitrogens is 2. The normalized spacial score (nSPS) is 12.0. The van der Waals surface area contributed by atoms with Crippen LogP contribution in [0, 0.1) is 0 Å². The van der Waals surface area contributed by atoms with Crippen molar-refractivity contribution in [1.82, 2.24) is 15.3 Å². The molecule has 3 rings (SSSR count). The molecule has 3 aromatic rings. The number of unbranched alkanes of at least 4 members (excludes halogenated alkanes) is 1. The first-order chi connectivity index (χ1) is 11.4. The summed E-state index contributed by atoms with van der Waals surface area (Å²) in [5.74, 6) is -0.596. The molecular weight excluding hydrogens is 319 g/mol. The molecule has 0 aliphatic heterocycles. The summed E-state index contributed by atoms with van der Waals surface area (Å²) in [6.07, 6.45) is -3.02. The quantitative estimate of drug-likeness (QED) is 0.700. The molecule has 2 heterocycles. The number of carbonyl (C=O) groups is 1. The molecule has 0 saturated heterocycles. The van der Waals surface area contributed by atoms with Crippen molar-refractivity contribution in [1.29, 1.82) is 0 Å². The molecule has 7 heteroatoms. The molecule has 1 aromatic carbocycles. The van der Waals surface area contributed by atoms with Gasteiger partial charge >= 0.3 is 6.18 Å². The van der Waals surface area contributed by atoms with Gasteiger partial charge in [0.15, 0.2) is 5.69 Å². The van der Waals surface area contributed by atoms with Gasteiger partial charge in [0.05, 0.1) is 5.52 Å². The van der Waals surface area contributed by atoms with Crippen LogP contribution in [0.1, 0.15) is 35.9 Å². The number of fused-ring (bicyclic) bond motifs is 3. The first-order valence-corrected chi connectivity index (χ1v) is 7.68. The summed E-state index contributed by atoms with van der Waals surface area (Å²) in [5.41, 5.74) is -0.829. The number of pyridine rings is 1. The van der Waals surface area contributed by atoms with Crippen LogP contribution in [0.25, 0.3) is 21.8 Å². The lowest BCUT2D eigenvalue weighted by Crippen LogP contribution is -2.26. The zero-order valence-corrected chi connectivity index (χ0v) is 13.0. The van der Waals surface area contributed by atoms with Gasteiger partial charge < -0.3 is 10.3 Å². The number of nitrogens with one attached hydrogen (secondary N) is 2. The number of H-pyrrole nitrogens is 1. The Hall–Kier alpha value is -2.57. The maximum atomic E-state index is 13.4. The van der Waals surface area contributed by atoms with E-state index in [4.69, 9.17) is 0 Å². The average Bonchev–Trinajstić information content (AvgIpc) is 2.91. The molecule has 126 valence electrons. The number of aromatic amines is 1. The lowest BCUT2D eigenvalue weighted by molar-refractivity contribution is -0.139. The smallest absolute Gasteiger partial charge is 0.353 e. The summed E-state index contributed by atoms with van der Waals surface area (Å²) in [5, 5.41) is 3.57. The second-order valence-corrected chi connectivity index (χ2v) is 5.56. The number of nitrogens with zero attached hydrogens (tertiary/aromatic N) is 1. The minimum Gasteiger partial charge on any atom is -0.353 e. The minimum absolute atomic E-state index is 0.103. The SMILES string of the molecule is CCCCNC(=O)c1cc2c([nH]c3ccccc32)c(C(F)(F)F)n1. The molecule has 0 spiro atoms. The molecular formula is C17H16F3N3O. The number of benzene rings is 1. The van der Waals surface area contributed by atoms with Crippen LogP contribution in [0.15, 0.2) is 30.3 Å². The molecule has 0 saturated carbocycles. The van der Waals surface area contributed by atoms with Gasteiger partial charge in [0.2, 0.25) is 0 Å². The number of halogens is 3. The Morgan fingerprint density at radius 2 is 2.00 bits per heavy atom. The lowest BCUT2D eigenvalue weighted by atomic mass is 10.1. The summed E-state index contributed by atoms with van der Waals surface area (Å²) in [4.78, 5) is 18.5. The molecule has 0 radical (unpaired) electrons. The van der Waals surface area contributed by atoms with Crippen LogP contribution in [-0.4, -0.2) is 22.4 Å². The highest BCUT2D eigenvalue weighted by molar-refractivity contribution is 6.10. The molecule has 0 fully saturated rings. The zero-order chi connectivity index (χ0) is 17.3. The van der Waals surface area contributed by atoms with E-state index in [2.05, 4.69) is 15.3 Å². The third kappa shape index (κ3) is 2.93. The van der Waals surface area contributed by atoms with Crippen LogP contribution in [0.5, 0.6) is 0 Å². The summed E-state index contributed by atoms with van der Waals surface area (Å²) in [7, 11) is 0. The highest BCUT2D eigenvalue weighted by Crippen LogP contribution is 2.36. The van der Waals surface area contributed by atoms with E-state index in [0.717, 1.165) is 12.8 Å². The first kappa shape index (κ1) is 16.3. The lowest BCUT2D eigenvalue weighted by Gasteiger charge is -2.10. The molecule has 0 atom stereocenters. The van der Waals surface area contributed by atoms with Gasteiger partial charge in [-0.05, 0) is 18.6 Å². The highest BCUT2D eigenvalue weighted by atomic mass is 19.4. The van der Waals surface area contributed by atoms with Gasteiger partial charge in [0.25, 0.3) is 5.91 Å². The molecule has 24 heavy (non-hydrogen) atoms. The van der Waals surface area contributed by atoms with Crippen molar-refractivity contribution < 1.29 is 18.0 Å². The van der Waals surface area contributed by atoms with Crippen molar-refractivity contribution in [2.75, 3.05) is 6.54 Å². The fourth-order valence-electron chi connectivity index (χ4n) is 2.64. The van der Waals surface area contributed by atoms with E-state index in [-0.39, 0.29) is 11.2 Å². The maximum Gasteiger partial charge on any atom is 0.435 e. The largest absolute Gasteiger partial charge is 0.435 e. The molecule has 0 aliphatic rings. The first-order valence-electron chi connectivity index (χ1n) is 7.68. The molecule has 2 aromatic heterocycles. The molecule has 0 bridgehead atoms. The Bertz CT molecular complexity index is 899. The van der Waals surface area contributed by atoms with Crippen molar-refractivity contribution in [3.63, 3.8) is 0 Å². The fraction of sp³-hybridized carbons (Fsp3) is 0.294.